The molecule has 5 nitrogen and oxygen atoms in total. The van der Waals surface area contributed by atoms with E-state index in [1.165, 1.54) is 6.07 Å². The minimum Gasteiger partial charge on any atom is -0.409 e. The maximum absolute atomic E-state index is 14.3. The molecule has 0 unspecified atom stereocenters. The van der Waals surface area contributed by atoms with Crippen LogP contribution in [0.25, 0.3) is 0 Å². The maximum Gasteiger partial charge on any atom is 0.170 e. The number of anilines is 1. The Kier molecular flexibility index (Phi) is 6.42. The Labute approximate surface area is 125 Å². The van der Waals surface area contributed by atoms with Crippen LogP contribution in [-0.2, 0) is 0 Å². The van der Waals surface area contributed by atoms with E-state index in [-0.39, 0.29) is 11.7 Å². The number of nitrogens with two attached hydrogens (primary N) is 1. The highest BCUT2D eigenvalue weighted by Gasteiger charge is 2.14. The average Bonchev–Trinajstić information content (AvgIpc) is 2.42. The molecule has 3 N–H and O–H groups in total. The summed E-state index contributed by atoms with van der Waals surface area (Å²) in [6, 6.07) is 4.64. The van der Waals surface area contributed by atoms with Crippen molar-refractivity contribution in [2.75, 3.05) is 38.6 Å². The predicted molar refractivity (Wildman–Crippen MR) is 84.5 cm³/mol. The van der Waals surface area contributed by atoms with Crippen LogP contribution < -0.4 is 10.6 Å². The molecule has 21 heavy (non-hydrogen) atoms. The lowest BCUT2D eigenvalue weighted by Crippen LogP contribution is -2.35. The van der Waals surface area contributed by atoms with E-state index >= 15 is 0 Å². The van der Waals surface area contributed by atoms with Crippen molar-refractivity contribution in [3.05, 3.63) is 29.6 Å². The summed E-state index contributed by atoms with van der Waals surface area (Å²) < 4.78 is 14.3. The third-order valence-corrected chi connectivity index (χ3v) is 3.09. The van der Waals surface area contributed by atoms with Gasteiger partial charge in [0.1, 0.15) is 5.82 Å². The second-order valence-corrected chi connectivity index (χ2v) is 5.79. The summed E-state index contributed by atoms with van der Waals surface area (Å²) in [4.78, 5) is 4.09. The summed E-state index contributed by atoms with van der Waals surface area (Å²) >= 11 is 0. The van der Waals surface area contributed by atoms with Crippen molar-refractivity contribution in [1.29, 1.82) is 0 Å². The van der Waals surface area contributed by atoms with Crippen molar-refractivity contribution in [3.63, 3.8) is 0 Å². The molecular formula is C15H25FN4O. The zero-order valence-corrected chi connectivity index (χ0v) is 13.2. The van der Waals surface area contributed by atoms with E-state index in [1.807, 2.05) is 19.0 Å². The molecule has 1 aromatic rings. The topological polar surface area (TPSA) is 65.1 Å². The Balaban J connectivity index is 3.01. The first-order valence-electron chi connectivity index (χ1n) is 7.02. The SMILES string of the molecule is CC(C)CN(CCN(C)C)c1ccc(C(N)=NO)cc1F. The van der Waals surface area contributed by atoms with Gasteiger partial charge in [0.15, 0.2) is 5.84 Å². The lowest BCUT2D eigenvalue weighted by atomic mass is 10.1. The fourth-order valence-corrected chi connectivity index (χ4v) is 2.05. The highest BCUT2D eigenvalue weighted by atomic mass is 19.1. The van der Waals surface area contributed by atoms with Crippen LogP contribution in [-0.4, -0.2) is 49.7 Å². The van der Waals surface area contributed by atoms with Gasteiger partial charge in [0.2, 0.25) is 0 Å². The van der Waals surface area contributed by atoms with Gasteiger partial charge in [0.05, 0.1) is 5.69 Å². The Morgan fingerprint density at radius 3 is 2.48 bits per heavy atom. The molecule has 0 fully saturated rings. The van der Waals surface area contributed by atoms with Gasteiger partial charge < -0.3 is 20.7 Å². The smallest absolute Gasteiger partial charge is 0.170 e. The molecular weight excluding hydrogens is 271 g/mol. The molecule has 0 heterocycles. The maximum atomic E-state index is 14.3. The Hall–Kier alpha value is -1.82. The number of benzene rings is 1. The standard InChI is InChI=1S/C15H25FN4O/c1-11(2)10-20(8-7-19(3)4)14-6-5-12(9-13(14)16)15(17)18-21/h5-6,9,11,21H,7-8,10H2,1-4H3,(H2,17,18). The van der Waals surface area contributed by atoms with Crippen molar-refractivity contribution in [1.82, 2.24) is 4.90 Å². The minimum atomic E-state index is -0.362. The first-order chi connectivity index (χ1) is 9.85. The first kappa shape index (κ1) is 17.2. The lowest BCUT2D eigenvalue weighted by molar-refractivity contribution is 0.318. The molecule has 118 valence electrons. The minimum absolute atomic E-state index is 0.0934. The molecule has 0 amide bonds. The molecule has 0 aliphatic heterocycles. The summed E-state index contributed by atoms with van der Waals surface area (Å²) in [5.74, 6) is -0.0297. The fourth-order valence-electron chi connectivity index (χ4n) is 2.05. The summed E-state index contributed by atoms with van der Waals surface area (Å²) in [6.45, 7) is 6.56. The summed E-state index contributed by atoms with van der Waals surface area (Å²) in [5.41, 5.74) is 6.39. The first-order valence-corrected chi connectivity index (χ1v) is 7.02. The molecule has 0 saturated heterocycles. The zero-order chi connectivity index (χ0) is 16.0. The molecule has 0 radical (unpaired) electrons. The van der Waals surface area contributed by atoms with Gasteiger partial charge in [-0.1, -0.05) is 19.0 Å². The largest absolute Gasteiger partial charge is 0.409 e. The van der Waals surface area contributed by atoms with Crippen LogP contribution in [0, 0.1) is 11.7 Å². The van der Waals surface area contributed by atoms with Crippen molar-refractivity contribution in [2.24, 2.45) is 16.8 Å². The van der Waals surface area contributed by atoms with Crippen LogP contribution in [0.15, 0.2) is 23.4 Å². The van der Waals surface area contributed by atoms with Gasteiger partial charge in [0.25, 0.3) is 0 Å². The molecule has 6 heteroatoms. The molecule has 0 spiro atoms. The quantitative estimate of drug-likeness (QED) is 0.349. The van der Waals surface area contributed by atoms with Crippen molar-refractivity contribution in [3.8, 4) is 0 Å². The molecule has 0 aromatic heterocycles. The van der Waals surface area contributed by atoms with E-state index in [0.717, 1.165) is 19.6 Å². The molecule has 0 atom stereocenters. The van der Waals surface area contributed by atoms with E-state index in [1.54, 1.807) is 12.1 Å². The fraction of sp³-hybridized carbons (Fsp3) is 0.533. The van der Waals surface area contributed by atoms with E-state index in [4.69, 9.17) is 10.9 Å². The summed E-state index contributed by atoms with van der Waals surface area (Å²) in [5, 5.41) is 11.5. The highest BCUT2D eigenvalue weighted by Crippen LogP contribution is 2.21. The summed E-state index contributed by atoms with van der Waals surface area (Å²) in [6.07, 6.45) is 0. The molecule has 0 bridgehead atoms. The number of nitrogens with zero attached hydrogens (tertiary/aromatic N) is 3. The van der Waals surface area contributed by atoms with E-state index < -0.39 is 0 Å². The summed E-state index contributed by atoms with van der Waals surface area (Å²) in [7, 11) is 3.98. The van der Waals surface area contributed by atoms with E-state index in [2.05, 4.69) is 23.9 Å². The van der Waals surface area contributed by atoms with Gasteiger partial charge in [-0.3, -0.25) is 0 Å². The van der Waals surface area contributed by atoms with Gasteiger partial charge in [-0.2, -0.15) is 0 Å². The van der Waals surface area contributed by atoms with Crippen LogP contribution in [0.3, 0.4) is 0 Å². The van der Waals surface area contributed by atoms with Crippen molar-refractivity contribution >= 4 is 11.5 Å². The van der Waals surface area contributed by atoms with Crippen LogP contribution in [0.4, 0.5) is 10.1 Å². The zero-order valence-electron chi connectivity index (χ0n) is 13.2. The molecule has 1 rings (SSSR count). The Morgan fingerprint density at radius 2 is 2.00 bits per heavy atom. The lowest BCUT2D eigenvalue weighted by Gasteiger charge is -2.28. The molecule has 0 aliphatic carbocycles. The second kappa shape index (κ2) is 7.83. The number of oxime groups is 1. The van der Waals surface area contributed by atoms with Crippen LogP contribution >= 0.6 is 0 Å². The second-order valence-electron chi connectivity index (χ2n) is 5.79. The van der Waals surface area contributed by atoms with Gasteiger partial charge in [-0.05, 0) is 38.2 Å². The van der Waals surface area contributed by atoms with E-state index in [9.17, 15) is 4.39 Å². The van der Waals surface area contributed by atoms with Gasteiger partial charge in [-0.25, -0.2) is 4.39 Å². The number of amidine groups is 1. The van der Waals surface area contributed by atoms with Crippen LogP contribution in [0.1, 0.15) is 19.4 Å². The number of hydrogen-bond donors (Lipinski definition) is 2. The monoisotopic (exact) mass is 296 g/mol. The number of halogens is 1. The van der Waals surface area contributed by atoms with E-state index in [0.29, 0.717) is 17.2 Å². The average molecular weight is 296 g/mol. The molecule has 1 aromatic carbocycles. The third kappa shape index (κ3) is 5.23. The molecule has 0 saturated carbocycles. The van der Waals surface area contributed by atoms with Gasteiger partial charge >= 0.3 is 0 Å². The molecule has 0 aliphatic rings. The number of rotatable bonds is 7. The van der Waals surface area contributed by atoms with Gasteiger partial charge in [-0.15, -0.1) is 0 Å². The highest BCUT2D eigenvalue weighted by molar-refractivity contribution is 5.97. The number of hydrogen-bond acceptors (Lipinski definition) is 4. The van der Waals surface area contributed by atoms with Gasteiger partial charge in [0, 0.05) is 25.2 Å². The van der Waals surface area contributed by atoms with Crippen molar-refractivity contribution in [2.45, 2.75) is 13.8 Å². The Morgan fingerprint density at radius 1 is 1.33 bits per heavy atom. The predicted octanol–water partition coefficient (Wildman–Crippen LogP) is 1.94. The number of likely N-dealkylation sites (N-methyl/N-ethyl adjacent to an activating group) is 1. The van der Waals surface area contributed by atoms with Crippen LogP contribution in [0.2, 0.25) is 0 Å². The Bertz CT molecular complexity index is 489. The van der Waals surface area contributed by atoms with Crippen molar-refractivity contribution < 1.29 is 9.60 Å². The third-order valence-electron chi connectivity index (χ3n) is 3.09. The van der Waals surface area contributed by atoms with Crippen LogP contribution in [0.5, 0.6) is 0 Å². The normalized spacial score (nSPS) is 12.2.